The van der Waals surface area contributed by atoms with E-state index in [1.54, 1.807) is 24.5 Å². The van der Waals surface area contributed by atoms with E-state index < -0.39 is 28.6 Å². The number of nitrogens with one attached hydrogen (secondary N) is 1. The minimum Gasteiger partial charge on any atom is -0.332 e. The molecular formula is C19H15ClF3N5O2. The highest BCUT2D eigenvalue weighted by Gasteiger charge is 2.33. The quantitative estimate of drug-likeness (QED) is 0.660. The number of hydrogen-bond acceptors (Lipinski definition) is 4. The summed E-state index contributed by atoms with van der Waals surface area (Å²) in [7, 11) is 1.40. The Morgan fingerprint density at radius 2 is 2.00 bits per heavy atom. The third-order valence-electron chi connectivity index (χ3n) is 4.02. The number of halogens is 4. The Kier molecular flexibility index (Phi) is 6.06. The molecule has 0 bridgehead atoms. The van der Waals surface area contributed by atoms with Crippen LogP contribution >= 0.6 is 11.6 Å². The van der Waals surface area contributed by atoms with Gasteiger partial charge in [-0.15, -0.1) is 0 Å². The largest absolute Gasteiger partial charge is 0.417 e. The van der Waals surface area contributed by atoms with Gasteiger partial charge in [-0.1, -0.05) is 11.6 Å². The maximum atomic E-state index is 12.9. The summed E-state index contributed by atoms with van der Waals surface area (Å²) in [6.45, 7) is -0.371. The molecular weight excluding hydrogens is 423 g/mol. The van der Waals surface area contributed by atoms with Crippen LogP contribution in [0, 0.1) is 0 Å². The van der Waals surface area contributed by atoms with Crippen LogP contribution in [-0.4, -0.2) is 45.1 Å². The Hall–Kier alpha value is -3.40. The Morgan fingerprint density at radius 1 is 1.23 bits per heavy atom. The molecule has 3 aromatic rings. The summed E-state index contributed by atoms with van der Waals surface area (Å²) in [6.07, 6.45) is -0.0186. The van der Waals surface area contributed by atoms with Crippen LogP contribution < -0.4 is 5.32 Å². The fraction of sp³-hybridized carbons (Fsp3) is 0.158. The predicted octanol–water partition coefficient (Wildman–Crippen LogP) is 3.65. The highest BCUT2D eigenvalue weighted by Crippen LogP contribution is 2.36. The summed E-state index contributed by atoms with van der Waals surface area (Å²) < 4.78 is 40.3. The van der Waals surface area contributed by atoms with E-state index in [0.717, 1.165) is 17.0 Å². The molecule has 0 saturated heterocycles. The molecule has 0 spiro atoms. The molecule has 0 saturated carbocycles. The summed E-state index contributed by atoms with van der Waals surface area (Å²) in [4.78, 5) is 29.9. The smallest absolute Gasteiger partial charge is 0.332 e. The van der Waals surface area contributed by atoms with Crippen LogP contribution in [0.3, 0.4) is 0 Å². The van der Waals surface area contributed by atoms with Gasteiger partial charge >= 0.3 is 6.18 Å². The van der Waals surface area contributed by atoms with Crippen LogP contribution in [0.5, 0.6) is 0 Å². The third kappa shape index (κ3) is 4.95. The minimum atomic E-state index is -4.65. The molecule has 2 amide bonds. The van der Waals surface area contributed by atoms with E-state index in [-0.39, 0.29) is 17.8 Å². The van der Waals surface area contributed by atoms with Crippen molar-refractivity contribution in [1.82, 2.24) is 19.7 Å². The minimum absolute atomic E-state index is 0.0807. The Labute approximate surface area is 174 Å². The molecule has 1 aromatic carbocycles. The van der Waals surface area contributed by atoms with Gasteiger partial charge in [0.15, 0.2) is 5.82 Å². The van der Waals surface area contributed by atoms with Crippen molar-refractivity contribution in [1.29, 1.82) is 0 Å². The van der Waals surface area contributed by atoms with Gasteiger partial charge in [0.1, 0.15) is 0 Å². The van der Waals surface area contributed by atoms with Crippen molar-refractivity contribution in [3.63, 3.8) is 0 Å². The first-order valence-corrected chi connectivity index (χ1v) is 8.91. The highest BCUT2D eigenvalue weighted by molar-refractivity contribution is 6.31. The summed E-state index contributed by atoms with van der Waals surface area (Å²) in [6, 6.07) is 7.89. The van der Waals surface area contributed by atoms with Crippen LogP contribution in [0.4, 0.5) is 18.9 Å². The second-order valence-electron chi connectivity index (χ2n) is 6.26. The monoisotopic (exact) mass is 437 g/mol. The number of hydrogen-bond donors (Lipinski definition) is 1. The first-order valence-electron chi connectivity index (χ1n) is 8.53. The fourth-order valence-corrected chi connectivity index (χ4v) is 2.81. The molecule has 0 aliphatic rings. The molecule has 7 nitrogen and oxygen atoms in total. The molecule has 0 unspecified atom stereocenters. The molecule has 0 aliphatic heterocycles. The number of carbonyl (C=O) groups excluding carboxylic acids is 2. The van der Waals surface area contributed by atoms with Crippen molar-refractivity contribution in [2.24, 2.45) is 0 Å². The Morgan fingerprint density at radius 3 is 2.60 bits per heavy atom. The summed E-state index contributed by atoms with van der Waals surface area (Å²) >= 11 is 5.56. The first-order chi connectivity index (χ1) is 14.1. The van der Waals surface area contributed by atoms with Crippen LogP contribution in [-0.2, 0) is 11.0 Å². The van der Waals surface area contributed by atoms with Crippen LogP contribution in [0.2, 0.25) is 5.02 Å². The van der Waals surface area contributed by atoms with E-state index in [4.69, 9.17) is 11.6 Å². The lowest BCUT2D eigenvalue weighted by Crippen LogP contribution is -2.35. The van der Waals surface area contributed by atoms with Gasteiger partial charge in [-0.3, -0.25) is 9.59 Å². The van der Waals surface area contributed by atoms with Crippen molar-refractivity contribution >= 4 is 29.1 Å². The van der Waals surface area contributed by atoms with Gasteiger partial charge in [0.25, 0.3) is 5.91 Å². The second-order valence-corrected chi connectivity index (χ2v) is 6.66. The van der Waals surface area contributed by atoms with E-state index in [1.165, 1.54) is 30.1 Å². The summed E-state index contributed by atoms with van der Waals surface area (Å²) in [5.41, 5.74) is -0.899. The van der Waals surface area contributed by atoms with Gasteiger partial charge in [0.05, 0.1) is 22.7 Å². The van der Waals surface area contributed by atoms with E-state index in [1.807, 2.05) is 0 Å². The van der Waals surface area contributed by atoms with Gasteiger partial charge in [-0.2, -0.15) is 18.3 Å². The number of aromatic nitrogens is 3. The van der Waals surface area contributed by atoms with Gasteiger partial charge < -0.3 is 10.2 Å². The molecule has 3 rings (SSSR count). The zero-order valence-electron chi connectivity index (χ0n) is 15.5. The lowest BCUT2D eigenvalue weighted by Gasteiger charge is -2.17. The standard InChI is InChI=1S/C19H15ClF3N5O2/c1-27(18(30)12-3-6-16(24-10-12)28-8-2-7-25-28)11-17(29)26-13-4-5-15(20)14(9-13)19(21,22)23/h2-10H,11H2,1H3,(H,26,29). The van der Waals surface area contributed by atoms with Crippen molar-refractivity contribution in [2.45, 2.75) is 6.18 Å². The number of nitrogens with zero attached hydrogens (tertiary/aromatic N) is 4. The maximum Gasteiger partial charge on any atom is 0.417 e. The maximum absolute atomic E-state index is 12.9. The number of pyridine rings is 1. The topological polar surface area (TPSA) is 80.1 Å². The fourth-order valence-electron chi connectivity index (χ4n) is 2.58. The average molecular weight is 438 g/mol. The number of anilines is 1. The number of alkyl halides is 3. The van der Waals surface area contributed by atoms with Crippen LogP contribution in [0.25, 0.3) is 5.82 Å². The Balaban J connectivity index is 1.63. The lowest BCUT2D eigenvalue weighted by molar-refractivity contribution is -0.137. The van der Waals surface area contributed by atoms with E-state index >= 15 is 0 Å². The lowest BCUT2D eigenvalue weighted by atomic mass is 10.2. The molecule has 0 fully saturated rings. The highest BCUT2D eigenvalue weighted by atomic mass is 35.5. The van der Waals surface area contributed by atoms with Crippen molar-refractivity contribution in [2.75, 3.05) is 18.9 Å². The number of benzene rings is 1. The van der Waals surface area contributed by atoms with Gasteiger partial charge in [0, 0.05) is 31.3 Å². The van der Waals surface area contributed by atoms with Crippen molar-refractivity contribution in [3.8, 4) is 5.82 Å². The number of amides is 2. The zero-order valence-corrected chi connectivity index (χ0v) is 16.3. The van der Waals surface area contributed by atoms with Gasteiger partial charge in [-0.05, 0) is 36.4 Å². The Bertz CT molecular complexity index is 1050. The van der Waals surface area contributed by atoms with Gasteiger partial charge in [-0.25, -0.2) is 9.67 Å². The predicted molar refractivity (Wildman–Crippen MR) is 103 cm³/mol. The molecule has 0 aliphatic carbocycles. The molecule has 1 N–H and O–H groups in total. The van der Waals surface area contributed by atoms with Gasteiger partial charge in [0.2, 0.25) is 5.91 Å². The molecule has 0 atom stereocenters. The number of likely N-dealkylation sites (N-methyl/N-ethyl adjacent to an activating group) is 1. The molecule has 0 radical (unpaired) electrons. The third-order valence-corrected chi connectivity index (χ3v) is 4.35. The van der Waals surface area contributed by atoms with E-state index in [9.17, 15) is 22.8 Å². The van der Waals surface area contributed by atoms with Crippen molar-refractivity contribution < 1.29 is 22.8 Å². The molecule has 11 heteroatoms. The zero-order chi connectivity index (χ0) is 21.9. The molecule has 156 valence electrons. The second kappa shape index (κ2) is 8.54. The molecule has 30 heavy (non-hydrogen) atoms. The normalized spacial score (nSPS) is 11.2. The van der Waals surface area contributed by atoms with Crippen molar-refractivity contribution in [3.05, 3.63) is 71.1 Å². The van der Waals surface area contributed by atoms with E-state index in [0.29, 0.717) is 5.82 Å². The van der Waals surface area contributed by atoms with Crippen LogP contribution in [0.1, 0.15) is 15.9 Å². The summed E-state index contributed by atoms with van der Waals surface area (Å²) in [5, 5.41) is 5.88. The average Bonchev–Trinajstić information content (AvgIpc) is 3.23. The van der Waals surface area contributed by atoms with E-state index in [2.05, 4.69) is 15.4 Å². The van der Waals surface area contributed by atoms with Crippen LogP contribution in [0.15, 0.2) is 55.0 Å². The molecule has 2 heterocycles. The molecule has 2 aromatic heterocycles. The SMILES string of the molecule is CN(CC(=O)Nc1ccc(Cl)c(C(F)(F)F)c1)C(=O)c1ccc(-n2cccn2)nc1. The first kappa shape index (κ1) is 21.3. The number of rotatable bonds is 5. The number of carbonyl (C=O) groups is 2. The summed E-state index contributed by atoms with van der Waals surface area (Å²) in [5.74, 6) is -0.626.